The van der Waals surface area contributed by atoms with E-state index >= 15 is 0 Å². The molecule has 25 heavy (non-hydrogen) atoms. The average Bonchev–Trinajstić information content (AvgIpc) is 2.60. The fourth-order valence-corrected chi connectivity index (χ4v) is 3.03. The lowest BCUT2D eigenvalue weighted by Crippen LogP contribution is -2.15. The molecule has 0 aromatic heterocycles. The third kappa shape index (κ3) is 13.6. The topological polar surface area (TPSA) is 26.3 Å². The first-order chi connectivity index (χ1) is 12.3. The van der Waals surface area contributed by atoms with E-state index in [4.69, 9.17) is 4.74 Å². The lowest BCUT2D eigenvalue weighted by Gasteiger charge is -2.13. The number of esters is 1. The Bertz CT molecular complexity index is 406. The number of hydrogen-bond donors (Lipinski definition) is 0. The number of ether oxygens (including phenoxy) is 1. The number of rotatable bonds is 9. The van der Waals surface area contributed by atoms with E-state index < -0.39 is 0 Å². The summed E-state index contributed by atoms with van der Waals surface area (Å²) in [7, 11) is 0. The number of carbonyl (C=O) groups excluding carboxylic acids is 1. The van der Waals surface area contributed by atoms with Gasteiger partial charge in [-0.3, -0.25) is 4.79 Å². The van der Waals surface area contributed by atoms with Crippen LogP contribution in [0.2, 0.25) is 0 Å². The van der Waals surface area contributed by atoms with Gasteiger partial charge in [0.15, 0.2) is 0 Å². The maximum atomic E-state index is 11.9. The number of carbonyl (C=O) groups is 1. The summed E-state index contributed by atoms with van der Waals surface area (Å²) in [5.41, 5.74) is 0. The fourth-order valence-electron chi connectivity index (χ4n) is 3.03. The zero-order chi connectivity index (χ0) is 18.0. The van der Waals surface area contributed by atoms with Crippen LogP contribution >= 0.6 is 0 Å². The summed E-state index contributed by atoms with van der Waals surface area (Å²) in [5, 5.41) is 0. The van der Waals surface area contributed by atoms with Crippen molar-refractivity contribution in [1.29, 1.82) is 0 Å². The highest BCUT2D eigenvalue weighted by Crippen LogP contribution is 2.12. The highest BCUT2D eigenvalue weighted by molar-refractivity contribution is 5.69. The maximum absolute atomic E-state index is 11.9. The van der Waals surface area contributed by atoms with Gasteiger partial charge in [0.25, 0.3) is 0 Å². The molecule has 1 atom stereocenters. The number of hydrogen-bond acceptors (Lipinski definition) is 2. The highest BCUT2D eigenvalue weighted by atomic mass is 16.5. The van der Waals surface area contributed by atoms with Crippen LogP contribution in [0.3, 0.4) is 0 Å². The second-order valence-electron chi connectivity index (χ2n) is 7.06. The molecule has 0 N–H and O–H groups in total. The summed E-state index contributed by atoms with van der Waals surface area (Å²) >= 11 is 0. The first-order valence-corrected chi connectivity index (χ1v) is 10.5. The minimum atomic E-state index is -0.123. The summed E-state index contributed by atoms with van der Waals surface area (Å²) in [5.74, 6) is -0.0558. The van der Waals surface area contributed by atoms with Crippen molar-refractivity contribution < 1.29 is 9.53 Å². The number of allylic oxidation sites excluding steroid dienone is 4. The van der Waals surface area contributed by atoms with Gasteiger partial charge in [-0.1, -0.05) is 82.2 Å². The van der Waals surface area contributed by atoms with Crippen LogP contribution in [0.4, 0.5) is 0 Å². The van der Waals surface area contributed by atoms with E-state index in [1.807, 2.05) is 12.2 Å². The van der Waals surface area contributed by atoms with Crippen molar-refractivity contribution in [3.05, 3.63) is 36.5 Å². The third-order valence-electron chi connectivity index (χ3n) is 4.62. The molecule has 1 unspecified atom stereocenters. The molecule has 0 amide bonds. The van der Waals surface area contributed by atoms with Gasteiger partial charge in [-0.25, -0.2) is 0 Å². The standard InChI is InChI=1S/C23H38O2/c1-2-3-4-5-6-7-8-10-13-16-19-22-20-17-14-11-9-12-15-18-21-23(24)25-22/h10,13-14,16-17,19,22H,2-9,11-12,15,18,20-21H2,1H3. The average molecular weight is 347 g/mol. The Morgan fingerprint density at radius 3 is 2.68 bits per heavy atom. The maximum Gasteiger partial charge on any atom is 0.306 e. The monoisotopic (exact) mass is 346 g/mol. The summed E-state index contributed by atoms with van der Waals surface area (Å²) in [6.07, 6.45) is 28.8. The Labute approximate surface area is 155 Å². The van der Waals surface area contributed by atoms with Gasteiger partial charge in [0.2, 0.25) is 0 Å². The zero-order valence-electron chi connectivity index (χ0n) is 16.3. The Morgan fingerprint density at radius 1 is 1.00 bits per heavy atom. The minimum Gasteiger partial charge on any atom is -0.458 e. The van der Waals surface area contributed by atoms with Gasteiger partial charge in [0, 0.05) is 12.8 Å². The van der Waals surface area contributed by atoms with Gasteiger partial charge in [-0.05, 0) is 38.2 Å². The molecule has 1 aliphatic rings. The van der Waals surface area contributed by atoms with Gasteiger partial charge in [0.1, 0.15) is 6.10 Å². The molecule has 0 saturated carbocycles. The molecular formula is C23H38O2. The van der Waals surface area contributed by atoms with Crippen LogP contribution in [0.1, 0.15) is 96.8 Å². The molecule has 0 spiro atoms. The SMILES string of the molecule is CCCCCCCCC=CC=CC1CC=CCCCCCCC(=O)O1. The molecule has 1 rings (SSSR count). The van der Waals surface area contributed by atoms with Crippen molar-refractivity contribution in [3.8, 4) is 0 Å². The van der Waals surface area contributed by atoms with Gasteiger partial charge < -0.3 is 4.74 Å². The van der Waals surface area contributed by atoms with Crippen molar-refractivity contribution in [2.45, 2.75) is 103 Å². The lowest BCUT2D eigenvalue weighted by molar-refractivity contribution is -0.146. The fraction of sp³-hybridized carbons (Fsp3) is 0.696. The van der Waals surface area contributed by atoms with E-state index in [9.17, 15) is 4.79 Å². The van der Waals surface area contributed by atoms with Crippen molar-refractivity contribution >= 4 is 5.97 Å². The Morgan fingerprint density at radius 2 is 1.80 bits per heavy atom. The summed E-state index contributed by atoms with van der Waals surface area (Å²) in [4.78, 5) is 11.9. The Hall–Kier alpha value is -1.31. The van der Waals surface area contributed by atoms with Crippen LogP contribution in [-0.4, -0.2) is 12.1 Å². The summed E-state index contributed by atoms with van der Waals surface area (Å²) in [6.45, 7) is 2.25. The lowest BCUT2D eigenvalue weighted by atomic mass is 10.1. The molecule has 0 aromatic rings. The third-order valence-corrected chi connectivity index (χ3v) is 4.62. The second-order valence-corrected chi connectivity index (χ2v) is 7.06. The van der Waals surface area contributed by atoms with E-state index in [2.05, 4.69) is 31.2 Å². The molecule has 0 radical (unpaired) electrons. The summed E-state index contributed by atoms with van der Waals surface area (Å²) < 4.78 is 5.59. The molecule has 1 aliphatic heterocycles. The quantitative estimate of drug-likeness (QED) is 0.193. The van der Waals surface area contributed by atoms with E-state index in [1.165, 1.54) is 51.4 Å². The largest absolute Gasteiger partial charge is 0.458 e. The minimum absolute atomic E-state index is 0.0558. The molecular weight excluding hydrogens is 308 g/mol. The van der Waals surface area contributed by atoms with Crippen LogP contribution in [-0.2, 0) is 9.53 Å². The van der Waals surface area contributed by atoms with Crippen LogP contribution in [0.25, 0.3) is 0 Å². The van der Waals surface area contributed by atoms with E-state index in [1.54, 1.807) is 0 Å². The smallest absolute Gasteiger partial charge is 0.306 e. The molecule has 142 valence electrons. The zero-order valence-corrected chi connectivity index (χ0v) is 16.3. The normalized spacial score (nSPS) is 20.5. The van der Waals surface area contributed by atoms with Crippen LogP contribution in [0.15, 0.2) is 36.5 Å². The molecule has 2 nitrogen and oxygen atoms in total. The van der Waals surface area contributed by atoms with Crippen LogP contribution < -0.4 is 0 Å². The van der Waals surface area contributed by atoms with E-state index in [0.29, 0.717) is 6.42 Å². The van der Waals surface area contributed by atoms with Gasteiger partial charge in [0.05, 0.1) is 0 Å². The van der Waals surface area contributed by atoms with E-state index in [-0.39, 0.29) is 12.1 Å². The van der Waals surface area contributed by atoms with Crippen molar-refractivity contribution in [3.63, 3.8) is 0 Å². The Balaban J connectivity index is 2.27. The van der Waals surface area contributed by atoms with Crippen molar-refractivity contribution in [2.24, 2.45) is 0 Å². The number of unbranched alkanes of at least 4 members (excludes halogenated alkanes) is 6. The van der Waals surface area contributed by atoms with Gasteiger partial charge in [-0.2, -0.15) is 0 Å². The molecule has 0 fully saturated rings. The predicted molar refractivity (Wildman–Crippen MR) is 108 cm³/mol. The first-order valence-electron chi connectivity index (χ1n) is 10.5. The molecule has 0 aromatic carbocycles. The van der Waals surface area contributed by atoms with Gasteiger partial charge in [-0.15, -0.1) is 0 Å². The van der Waals surface area contributed by atoms with E-state index in [0.717, 1.165) is 32.1 Å². The number of cyclic esters (lactones) is 1. The predicted octanol–water partition coefficient (Wildman–Crippen LogP) is 7.06. The second kappa shape index (κ2) is 16.2. The van der Waals surface area contributed by atoms with Crippen molar-refractivity contribution in [1.82, 2.24) is 0 Å². The molecule has 0 aliphatic carbocycles. The van der Waals surface area contributed by atoms with Gasteiger partial charge >= 0.3 is 5.97 Å². The highest BCUT2D eigenvalue weighted by Gasteiger charge is 2.10. The van der Waals surface area contributed by atoms with Crippen LogP contribution in [0.5, 0.6) is 0 Å². The molecule has 2 heteroatoms. The Kier molecular flexibility index (Phi) is 14.1. The van der Waals surface area contributed by atoms with Crippen molar-refractivity contribution in [2.75, 3.05) is 0 Å². The molecule has 1 heterocycles. The van der Waals surface area contributed by atoms with Crippen LogP contribution in [0, 0.1) is 0 Å². The molecule has 0 saturated heterocycles. The summed E-state index contributed by atoms with van der Waals surface area (Å²) in [6, 6.07) is 0. The first kappa shape index (κ1) is 21.7. The molecule has 0 bridgehead atoms.